The molecular weight excluding hydrogens is 374 g/mol. The van der Waals surface area contributed by atoms with Crippen molar-refractivity contribution in [1.29, 1.82) is 0 Å². The number of Topliss-reactive ketones (excluding diaryl/α,β-unsaturated/α-hetero) is 1. The van der Waals surface area contributed by atoms with E-state index in [4.69, 9.17) is 0 Å². The molecule has 0 aromatic heterocycles. The summed E-state index contributed by atoms with van der Waals surface area (Å²) in [7, 11) is 0. The van der Waals surface area contributed by atoms with Crippen molar-refractivity contribution in [1.82, 2.24) is 4.90 Å². The molecule has 3 nitrogen and oxygen atoms in total. The highest BCUT2D eigenvalue weighted by atomic mass is 19.2. The van der Waals surface area contributed by atoms with E-state index in [0.29, 0.717) is 0 Å². The monoisotopic (exact) mass is 389 g/mol. The van der Waals surface area contributed by atoms with Crippen LogP contribution < -0.4 is 0 Å². The molecule has 2 aromatic rings. The second kappa shape index (κ2) is 7.80. The van der Waals surface area contributed by atoms with Gasteiger partial charge in [0, 0.05) is 31.2 Å². The zero-order chi connectivity index (χ0) is 20.4. The fraction of sp³-hybridized carbons (Fsp3) is 0.143. The molecule has 1 aliphatic heterocycles. The molecule has 0 N–H and O–H groups in total. The maximum absolute atomic E-state index is 13.4. The van der Waals surface area contributed by atoms with Gasteiger partial charge in [0.2, 0.25) is 5.91 Å². The Bertz CT molecular complexity index is 954. The molecule has 0 radical (unpaired) electrons. The summed E-state index contributed by atoms with van der Waals surface area (Å²) in [5.41, 5.74) is 0.919. The molecule has 1 fully saturated rings. The molecule has 0 spiro atoms. The summed E-state index contributed by atoms with van der Waals surface area (Å²) < 4.78 is 53.1. The number of likely N-dealkylation sites (tertiary alicyclic amines) is 1. The molecule has 1 saturated heterocycles. The van der Waals surface area contributed by atoms with Gasteiger partial charge in [0.25, 0.3) is 0 Å². The van der Waals surface area contributed by atoms with Crippen molar-refractivity contribution in [3.8, 4) is 0 Å². The zero-order valence-corrected chi connectivity index (χ0v) is 14.8. The van der Waals surface area contributed by atoms with Gasteiger partial charge in [-0.25, -0.2) is 17.6 Å². The third-order valence-electron chi connectivity index (χ3n) is 4.32. The lowest BCUT2D eigenvalue weighted by molar-refractivity contribution is -0.129. The van der Waals surface area contributed by atoms with E-state index in [1.807, 2.05) is 0 Å². The van der Waals surface area contributed by atoms with E-state index in [1.165, 1.54) is 36.1 Å². The van der Waals surface area contributed by atoms with Crippen LogP contribution in [0.4, 0.5) is 17.6 Å². The van der Waals surface area contributed by atoms with Gasteiger partial charge in [-0.3, -0.25) is 9.59 Å². The Hall–Kier alpha value is -3.22. The Morgan fingerprint density at radius 3 is 1.61 bits per heavy atom. The van der Waals surface area contributed by atoms with Crippen LogP contribution in [0.5, 0.6) is 0 Å². The van der Waals surface area contributed by atoms with E-state index >= 15 is 0 Å². The van der Waals surface area contributed by atoms with Crippen LogP contribution in [0.3, 0.4) is 0 Å². The van der Waals surface area contributed by atoms with Gasteiger partial charge >= 0.3 is 0 Å². The minimum Gasteiger partial charge on any atom is -0.334 e. The largest absolute Gasteiger partial charge is 0.334 e. The molecular formula is C21H15F4NO2. The normalized spacial score (nSPS) is 17.5. The van der Waals surface area contributed by atoms with Gasteiger partial charge in [-0.1, -0.05) is 12.1 Å². The molecule has 7 heteroatoms. The number of halogens is 4. The van der Waals surface area contributed by atoms with Gasteiger partial charge in [0.1, 0.15) is 0 Å². The molecule has 2 aromatic carbocycles. The van der Waals surface area contributed by atoms with E-state index < -0.39 is 29.1 Å². The molecule has 0 unspecified atom stereocenters. The van der Waals surface area contributed by atoms with Crippen molar-refractivity contribution < 1.29 is 27.2 Å². The highest BCUT2D eigenvalue weighted by Gasteiger charge is 2.27. The summed E-state index contributed by atoms with van der Waals surface area (Å²) >= 11 is 0. The summed E-state index contributed by atoms with van der Waals surface area (Å²) in [4.78, 5) is 26.0. The first-order chi connectivity index (χ1) is 13.2. The first-order valence-electron chi connectivity index (χ1n) is 8.36. The Morgan fingerprint density at radius 2 is 1.25 bits per heavy atom. The summed E-state index contributed by atoms with van der Waals surface area (Å²) in [6, 6.07) is 6.39. The van der Waals surface area contributed by atoms with Gasteiger partial charge in [0.05, 0.1) is 0 Å². The van der Waals surface area contributed by atoms with Crippen LogP contribution >= 0.6 is 0 Å². The van der Waals surface area contributed by atoms with E-state index in [9.17, 15) is 27.2 Å². The predicted molar refractivity (Wildman–Crippen MR) is 95.9 cm³/mol. The lowest BCUT2D eigenvalue weighted by Crippen LogP contribution is -2.40. The van der Waals surface area contributed by atoms with E-state index in [-0.39, 0.29) is 41.3 Å². The summed E-state index contributed by atoms with van der Waals surface area (Å²) in [5.74, 6) is -4.84. The Morgan fingerprint density at radius 1 is 0.821 bits per heavy atom. The van der Waals surface area contributed by atoms with Crippen LogP contribution in [0.25, 0.3) is 12.2 Å². The van der Waals surface area contributed by atoms with E-state index in [2.05, 4.69) is 0 Å². The molecule has 3 rings (SSSR count). The molecule has 1 aliphatic rings. The maximum atomic E-state index is 13.4. The first-order valence-corrected chi connectivity index (χ1v) is 8.36. The van der Waals surface area contributed by atoms with Crippen molar-refractivity contribution in [2.24, 2.45) is 0 Å². The average molecular weight is 389 g/mol. The average Bonchev–Trinajstić information content (AvgIpc) is 2.64. The van der Waals surface area contributed by atoms with Gasteiger partial charge < -0.3 is 4.90 Å². The van der Waals surface area contributed by atoms with Crippen LogP contribution in [0.1, 0.15) is 18.1 Å². The number of piperidine rings is 1. The molecule has 28 heavy (non-hydrogen) atoms. The number of benzene rings is 2. The molecule has 0 aliphatic carbocycles. The Labute approximate surface area is 158 Å². The molecule has 0 bridgehead atoms. The van der Waals surface area contributed by atoms with Crippen molar-refractivity contribution in [2.75, 3.05) is 13.1 Å². The van der Waals surface area contributed by atoms with Gasteiger partial charge in [-0.15, -0.1) is 0 Å². The van der Waals surface area contributed by atoms with Gasteiger partial charge in [0.15, 0.2) is 29.1 Å². The third-order valence-corrected chi connectivity index (χ3v) is 4.32. The van der Waals surface area contributed by atoms with E-state index in [1.54, 1.807) is 0 Å². The van der Waals surface area contributed by atoms with Crippen molar-refractivity contribution in [2.45, 2.75) is 6.92 Å². The van der Waals surface area contributed by atoms with Crippen LogP contribution in [0.2, 0.25) is 0 Å². The SMILES string of the molecule is CC(=O)N1C/C(=C\c2ccc(F)c(F)c2)C(=O)/C(=C/c2ccc(F)c(F)c2)C1. The zero-order valence-electron chi connectivity index (χ0n) is 14.8. The molecule has 144 valence electrons. The highest BCUT2D eigenvalue weighted by Crippen LogP contribution is 2.23. The van der Waals surface area contributed by atoms with Crippen molar-refractivity contribution in [3.63, 3.8) is 0 Å². The van der Waals surface area contributed by atoms with Crippen LogP contribution in [-0.2, 0) is 9.59 Å². The smallest absolute Gasteiger partial charge is 0.220 e. The predicted octanol–water partition coefficient (Wildman–Crippen LogP) is 4.14. The lowest BCUT2D eigenvalue weighted by Gasteiger charge is -2.29. The van der Waals surface area contributed by atoms with Gasteiger partial charge in [-0.2, -0.15) is 0 Å². The van der Waals surface area contributed by atoms with Crippen LogP contribution in [0.15, 0.2) is 47.5 Å². The first kappa shape index (κ1) is 19.5. The third kappa shape index (κ3) is 4.19. The maximum Gasteiger partial charge on any atom is 0.220 e. The number of amides is 1. The minimum atomic E-state index is -1.06. The standard InChI is InChI=1S/C21H15F4NO2/c1-12(27)26-10-15(6-13-2-4-17(22)19(24)8-13)21(28)16(11-26)7-14-3-5-18(23)20(25)9-14/h2-9H,10-11H2,1H3/b15-6+,16-7+. The number of rotatable bonds is 2. The molecule has 0 atom stereocenters. The minimum absolute atomic E-state index is 0.00226. The lowest BCUT2D eigenvalue weighted by atomic mass is 9.94. The Kier molecular flexibility index (Phi) is 5.44. The summed E-state index contributed by atoms with van der Waals surface area (Å²) in [6.45, 7) is 1.34. The van der Waals surface area contributed by atoms with Gasteiger partial charge in [-0.05, 0) is 47.5 Å². The highest BCUT2D eigenvalue weighted by molar-refractivity contribution is 6.15. The van der Waals surface area contributed by atoms with Crippen molar-refractivity contribution in [3.05, 3.63) is 81.9 Å². The quantitative estimate of drug-likeness (QED) is 0.572. The summed E-state index contributed by atoms with van der Waals surface area (Å²) in [5, 5.41) is 0. The molecule has 0 saturated carbocycles. The molecule has 1 heterocycles. The fourth-order valence-corrected chi connectivity index (χ4v) is 2.87. The number of ketones is 1. The number of carbonyl (C=O) groups is 2. The van der Waals surface area contributed by atoms with Crippen molar-refractivity contribution >= 4 is 23.8 Å². The number of hydrogen-bond donors (Lipinski definition) is 0. The number of hydrogen-bond acceptors (Lipinski definition) is 2. The number of nitrogens with zero attached hydrogens (tertiary/aromatic N) is 1. The second-order valence-electron chi connectivity index (χ2n) is 6.39. The fourth-order valence-electron chi connectivity index (χ4n) is 2.87. The molecule has 1 amide bonds. The topological polar surface area (TPSA) is 37.4 Å². The second-order valence-corrected chi connectivity index (χ2v) is 6.39. The van der Waals surface area contributed by atoms with Crippen LogP contribution in [0, 0.1) is 23.3 Å². The Balaban J connectivity index is 2.01. The van der Waals surface area contributed by atoms with E-state index in [0.717, 1.165) is 24.3 Å². The summed E-state index contributed by atoms with van der Waals surface area (Å²) in [6.07, 6.45) is 2.75. The number of carbonyl (C=O) groups excluding carboxylic acids is 2. The van der Waals surface area contributed by atoms with Crippen LogP contribution in [-0.4, -0.2) is 29.7 Å².